The van der Waals surface area contributed by atoms with Crippen LogP contribution in [0.15, 0.2) is 45.9 Å². The van der Waals surface area contributed by atoms with Gasteiger partial charge in [-0.15, -0.1) is 0 Å². The summed E-state index contributed by atoms with van der Waals surface area (Å²) in [5, 5.41) is 3.89. The van der Waals surface area contributed by atoms with Crippen LogP contribution in [-0.2, 0) is 12.7 Å². The largest absolute Gasteiger partial charge is 0.459 e. The molecule has 1 fully saturated rings. The molecule has 150 valence electrons. The lowest BCUT2D eigenvalue weighted by Crippen LogP contribution is -2.46. The number of nitrogens with two attached hydrogens (primary N) is 1. The van der Waals surface area contributed by atoms with E-state index in [1.54, 1.807) is 17.0 Å². The Balaban J connectivity index is 1.56. The zero-order chi connectivity index (χ0) is 20.1. The maximum absolute atomic E-state index is 13.2. The first-order chi connectivity index (χ1) is 13.3. The quantitative estimate of drug-likeness (QED) is 0.448. The van der Waals surface area contributed by atoms with Crippen molar-refractivity contribution in [3.8, 4) is 0 Å². The number of thiocarbonyl (C=S) groups is 1. The van der Waals surface area contributed by atoms with Gasteiger partial charge in [0.1, 0.15) is 11.5 Å². The Labute approximate surface area is 165 Å². The van der Waals surface area contributed by atoms with Gasteiger partial charge >= 0.3 is 6.18 Å². The van der Waals surface area contributed by atoms with E-state index in [9.17, 15) is 13.2 Å². The smallest absolute Gasteiger partial charge is 0.418 e. The van der Waals surface area contributed by atoms with E-state index in [2.05, 4.69) is 27.6 Å². The Morgan fingerprint density at radius 3 is 2.57 bits per heavy atom. The first-order valence-electron chi connectivity index (χ1n) is 8.63. The molecule has 6 nitrogen and oxygen atoms in total. The van der Waals surface area contributed by atoms with Gasteiger partial charge < -0.3 is 15.1 Å². The number of para-hydroxylation sites is 1. The average molecular weight is 411 g/mol. The molecule has 0 bridgehead atoms. The van der Waals surface area contributed by atoms with Crippen molar-refractivity contribution in [3.63, 3.8) is 0 Å². The van der Waals surface area contributed by atoms with Crippen molar-refractivity contribution >= 4 is 29.2 Å². The van der Waals surface area contributed by atoms with Gasteiger partial charge in [-0.1, -0.05) is 12.1 Å². The molecule has 3 rings (SSSR count). The normalized spacial score (nSPS) is 15.9. The van der Waals surface area contributed by atoms with E-state index in [0.29, 0.717) is 38.5 Å². The molecule has 1 aromatic heterocycles. The van der Waals surface area contributed by atoms with Gasteiger partial charge in [-0.25, -0.2) is 0 Å². The second-order valence-corrected chi connectivity index (χ2v) is 6.76. The third-order valence-corrected chi connectivity index (χ3v) is 4.44. The lowest BCUT2D eigenvalue weighted by atomic mass is 10.1. The number of furan rings is 1. The predicted octanol–water partition coefficient (Wildman–Crippen LogP) is 2.79. The molecule has 0 amide bonds. The van der Waals surface area contributed by atoms with Gasteiger partial charge in [-0.3, -0.25) is 10.3 Å². The van der Waals surface area contributed by atoms with Crippen molar-refractivity contribution in [2.75, 3.05) is 31.1 Å². The van der Waals surface area contributed by atoms with E-state index in [4.69, 9.17) is 10.2 Å². The second kappa shape index (κ2) is 8.61. The maximum Gasteiger partial charge on any atom is 0.418 e. The van der Waals surface area contributed by atoms with Crippen LogP contribution in [-0.4, -0.2) is 42.4 Å². The molecule has 0 aliphatic carbocycles. The van der Waals surface area contributed by atoms with E-state index in [1.165, 1.54) is 18.3 Å². The topological polar surface area (TPSA) is 70.0 Å². The van der Waals surface area contributed by atoms with Gasteiger partial charge in [0, 0.05) is 31.9 Å². The summed E-state index contributed by atoms with van der Waals surface area (Å²) in [5.41, 5.74) is 7.36. The molecule has 2 heterocycles. The van der Waals surface area contributed by atoms with Crippen LogP contribution < -0.4 is 16.1 Å². The van der Waals surface area contributed by atoms with E-state index in [-0.39, 0.29) is 10.8 Å². The van der Waals surface area contributed by atoms with E-state index in [0.717, 1.165) is 11.8 Å². The van der Waals surface area contributed by atoms with Crippen LogP contribution in [0.3, 0.4) is 0 Å². The minimum atomic E-state index is -4.36. The molecule has 10 heteroatoms. The number of benzene rings is 1. The van der Waals surface area contributed by atoms with E-state index >= 15 is 0 Å². The van der Waals surface area contributed by atoms with Gasteiger partial charge in [0.2, 0.25) is 0 Å². The fraction of sp³-hybridized carbons (Fsp3) is 0.333. The number of anilines is 1. The summed E-state index contributed by atoms with van der Waals surface area (Å²) in [4.78, 5) is 3.92. The van der Waals surface area contributed by atoms with Crippen LogP contribution in [0.2, 0.25) is 0 Å². The van der Waals surface area contributed by atoms with Crippen molar-refractivity contribution in [3.05, 3.63) is 53.5 Å². The lowest BCUT2D eigenvalue weighted by molar-refractivity contribution is -0.137. The molecule has 1 aliphatic rings. The highest BCUT2D eigenvalue weighted by molar-refractivity contribution is 7.80. The monoisotopic (exact) mass is 411 g/mol. The molecule has 0 saturated carbocycles. The number of nitrogens with zero attached hydrogens (tertiary/aromatic N) is 3. The highest BCUT2D eigenvalue weighted by Gasteiger charge is 2.35. The third-order valence-electron chi connectivity index (χ3n) is 4.35. The minimum Gasteiger partial charge on any atom is -0.459 e. The molecular formula is C18H20F3N5OS. The van der Waals surface area contributed by atoms with Crippen molar-refractivity contribution in [1.82, 2.24) is 10.3 Å². The number of rotatable bonds is 5. The lowest BCUT2D eigenvalue weighted by Gasteiger charge is -2.36. The van der Waals surface area contributed by atoms with Crippen molar-refractivity contribution in [1.29, 1.82) is 0 Å². The number of hydrogen-bond donors (Lipinski definition) is 2. The molecule has 0 unspecified atom stereocenters. The highest BCUT2D eigenvalue weighted by atomic mass is 32.1. The SMILES string of the molecule is NC(=S)NN=Cc1ccc(CN2CCN(c3ccccc3C(F)(F)F)CC2)o1. The van der Waals surface area contributed by atoms with Crippen LogP contribution in [0, 0.1) is 0 Å². The minimum absolute atomic E-state index is 0.0630. The van der Waals surface area contributed by atoms with Gasteiger partial charge in [0.25, 0.3) is 0 Å². The standard InChI is InChI=1S/C18H20F3N5OS/c19-18(20,21)15-3-1-2-4-16(15)26-9-7-25(8-10-26)12-14-6-5-13(27-14)11-23-24-17(22)28/h1-6,11H,7-10,12H2,(H3,22,24,28). The van der Waals surface area contributed by atoms with Gasteiger partial charge in [-0.05, 0) is 36.5 Å². The molecule has 0 atom stereocenters. The predicted molar refractivity (Wildman–Crippen MR) is 105 cm³/mol. The Morgan fingerprint density at radius 2 is 1.89 bits per heavy atom. The Hall–Kier alpha value is -2.59. The molecular weight excluding hydrogens is 391 g/mol. The number of nitrogens with one attached hydrogen (secondary N) is 1. The number of alkyl halides is 3. The zero-order valence-electron chi connectivity index (χ0n) is 14.9. The molecule has 28 heavy (non-hydrogen) atoms. The Kier molecular flexibility index (Phi) is 6.20. The fourth-order valence-corrected chi connectivity index (χ4v) is 3.12. The van der Waals surface area contributed by atoms with E-state index in [1.807, 2.05) is 6.07 Å². The molecule has 1 saturated heterocycles. The first-order valence-corrected chi connectivity index (χ1v) is 9.04. The number of halogens is 3. The van der Waals surface area contributed by atoms with Crippen LogP contribution in [0.5, 0.6) is 0 Å². The Morgan fingerprint density at radius 1 is 1.18 bits per heavy atom. The summed E-state index contributed by atoms with van der Waals surface area (Å²) in [5.74, 6) is 1.30. The Bertz CT molecular complexity index is 844. The van der Waals surface area contributed by atoms with Crippen molar-refractivity contribution < 1.29 is 17.6 Å². The zero-order valence-corrected chi connectivity index (χ0v) is 15.8. The van der Waals surface area contributed by atoms with Crippen molar-refractivity contribution in [2.45, 2.75) is 12.7 Å². The summed E-state index contributed by atoms with van der Waals surface area (Å²) in [6, 6.07) is 9.31. The molecule has 0 spiro atoms. The number of hydrogen-bond acceptors (Lipinski definition) is 5. The van der Waals surface area contributed by atoms with Crippen molar-refractivity contribution in [2.24, 2.45) is 10.8 Å². The molecule has 1 aliphatic heterocycles. The summed E-state index contributed by atoms with van der Waals surface area (Å²) >= 11 is 4.65. The fourth-order valence-electron chi connectivity index (χ4n) is 3.06. The van der Waals surface area contributed by atoms with Gasteiger partial charge in [0.05, 0.1) is 18.3 Å². The van der Waals surface area contributed by atoms with Crippen LogP contribution in [0.4, 0.5) is 18.9 Å². The second-order valence-electron chi connectivity index (χ2n) is 6.32. The van der Waals surface area contributed by atoms with Crippen LogP contribution >= 0.6 is 12.2 Å². The first kappa shape index (κ1) is 20.2. The van der Waals surface area contributed by atoms with Crippen LogP contribution in [0.25, 0.3) is 0 Å². The maximum atomic E-state index is 13.2. The molecule has 1 aromatic carbocycles. The highest BCUT2D eigenvalue weighted by Crippen LogP contribution is 2.36. The number of piperazine rings is 1. The summed E-state index contributed by atoms with van der Waals surface area (Å²) in [6.45, 7) is 2.88. The summed E-state index contributed by atoms with van der Waals surface area (Å²) in [7, 11) is 0. The molecule has 0 radical (unpaired) electrons. The average Bonchev–Trinajstić information content (AvgIpc) is 3.08. The van der Waals surface area contributed by atoms with E-state index < -0.39 is 11.7 Å². The number of hydrazone groups is 1. The van der Waals surface area contributed by atoms with Crippen LogP contribution in [0.1, 0.15) is 17.1 Å². The van der Waals surface area contributed by atoms with Gasteiger partial charge in [-0.2, -0.15) is 18.3 Å². The van der Waals surface area contributed by atoms with Gasteiger partial charge in [0.15, 0.2) is 5.11 Å². The summed E-state index contributed by atoms with van der Waals surface area (Å²) < 4.78 is 45.3. The molecule has 3 N–H and O–H groups in total. The summed E-state index contributed by atoms with van der Waals surface area (Å²) in [6.07, 6.45) is -2.89. The molecule has 2 aromatic rings. The third kappa shape index (κ3) is 5.23.